The fourth-order valence-corrected chi connectivity index (χ4v) is 1.52. The fraction of sp³-hybridized carbons (Fsp3) is 0.300. The summed E-state index contributed by atoms with van der Waals surface area (Å²) >= 11 is 0. The summed E-state index contributed by atoms with van der Waals surface area (Å²) in [6.45, 7) is 0. The molecule has 4 nitrogen and oxygen atoms in total. The van der Waals surface area contributed by atoms with Crippen LogP contribution in [0, 0.1) is 0 Å². The number of amides is 1. The van der Waals surface area contributed by atoms with E-state index in [0.29, 0.717) is 12.0 Å². The van der Waals surface area contributed by atoms with Crippen LogP contribution in [0.3, 0.4) is 0 Å². The summed E-state index contributed by atoms with van der Waals surface area (Å²) in [7, 11) is 1.43. The van der Waals surface area contributed by atoms with E-state index >= 15 is 0 Å². The first-order valence-electron chi connectivity index (χ1n) is 4.34. The SMILES string of the molecule is COC(O)c1ccc2c(c1)NC(=O)C2. The number of benzene rings is 1. The lowest BCUT2D eigenvalue weighted by Crippen LogP contribution is -2.04. The van der Waals surface area contributed by atoms with E-state index in [1.807, 2.05) is 6.07 Å². The van der Waals surface area contributed by atoms with Gasteiger partial charge in [0.1, 0.15) is 0 Å². The first-order valence-corrected chi connectivity index (χ1v) is 4.34. The molecule has 2 N–H and O–H groups in total. The topological polar surface area (TPSA) is 58.6 Å². The lowest BCUT2D eigenvalue weighted by Gasteiger charge is -2.09. The predicted octanol–water partition coefficient (Wildman–Crippen LogP) is 0.819. The highest BCUT2D eigenvalue weighted by Crippen LogP contribution is 2.26. The molecule has 1 atom stereocenters. The van der Waals surface area contributed by atoms with Gasteiger partial charge in [-0.05, 0) is 11.6 Å². The van der Waals surface area contributed by atoms with Gasteiger partial charge in [0.05, 0.1) is 6.42 Å². The fourth-order valence-electron chi connectivity index (χ4n) is 1.52. The van der Waals surface area contributed by atoms with Gasteiger partial charge in [-0.1, -0.05) is 12.1 Å². The predicted molar refractivity (Wildman–Crippen MR) is 50.7 cm³/mol. The number of carbonyl (C=O) groups is 1. The number of hydrogen-bond acceptors (Lipinski definition) is 3. The Morgan fingerprint density at radius 2 is 2.36 bits per heavy atom. The smallest absolute Gasteiger partial charge is 0.228 e. The molecule has 0 aliphatic carbocycles. The van der Waals surface area contributed by atoms with Gasteiger partial charge >= 0.3 is 0 Å². The van der Waals surface area contributed by atoms with E-state index in [9.17, 15) is 9.90 Å². The van der Waals surface area contributed by atoms with E-state index in [0.717, 1.165) is 11.3 Å². The summed E-state index contributed by atoms with van der Waals surface area (Å²) in [4.78, 5) is 11.0. The van der Waals surface area contributed by atoms with Crippen molar-refractivity contribution in [3.05, 3.63) is 29.3 Å². The maximum absolute atomic E-state index is 11.0. The highest BCUT2D eigenvalue weighted by molar-refractivity contribution is 5.99. The molecule has 14 heavy (non-hydrogen) atoms. The van der Waals surface area contributed by atoms with Crippen molar-refractivity contribution in [1.29, 1.82) is 0 Å². The van der Waals surface area contributed by atoms with Crippen molar-refractivity contribution < 1.29 is 14.6 Å². The summed E-state index contributed by atoms with van der Waals surface area (Å²) in [5.74, 6) is -0.0101. The molecule has 1 unspecified atom stereocenters. The first kappa shape index (κ1) is 9.18. The molecule has 0 radical (unpaired) electrons. The summed E-state index contributed by atoms with van der Waals surface area (Å²) < 4.78 is 4.77. The molecule has 1 heterocycles. The van der Waals surface area contributed by atoms with Crippen LogP contribution >= 0.6 is 0 Å². The third-order valence-corrected chi connectivity index (χ3v) is 2.27. The van der Waals surface area contributed by atoms with Crippen LogP contribution in [0.25, 0.3) is 0 Å². The van der Waals surface area contributed by atoms with E-state index in [1.165, 1.54) is 7.11 Å². The number of aliphatic hydroxyl groups excluding tert-OH is 1. The van der Waals surface area contributed by atoms with E-state index in [4.69, 9.17) is 4.74 Å². The monoisotopic (exact) mass is 193 g/mol. The second-order valence-corrected chi connectivity index (χ2v) is 3.23. The zero-order chi connectivity index (χ0) is 10.1. The van der Waals surface area contributed by atoms with Crippen molar-refractivity contribution >= 4 is 11.6 Å². The molecule has 0 saturated heterocycles. The number of anilines is 1. The van der Waals surface area contributed by atoms with Crippen LogP contribution in [0.1, 0.15) is 17.4 Å². The van der Waals surface area contributed by atoms with Crippen molar-refractivity contribution in [3.63, 3.8) is 0 Å². The van der Waals surface area contributed by atoms with Gasteiger partial charge in [-0.3, -0.25) is 4.79 Å². The van der Waals surface area contributed by atoms with Crippen LogP contribution in [0.15, 0.2) is 18.2 Å². The van der Waals surface area contributed by atoms with Crippen molar-refractivity contribution in [1.82, 2.24) is 0 Å². The summed E-state index contributed by atoms with van der Waals surface area (Å²) in [5.41, 5.74) is 2.37. The molecule has 4 heteroatoms. The second kappa shape index (κ2) is 3.40. The minimum absolute atomic E-state index is 0.0101. The number of ether oxygens (including phenoxy) is 1. The Morgan fingerprint density at radius 3 is 3.07 bits per heavy atom. The Kier molecular flexibility index (Phi) is 2.23. The molecule has 2 rings (SSSR count). The second-order valence-electron chi connectivity index (χ2n) is 3.23. The maximum Gasteiger partial charge on any atom is 0.228 e. The van der Waals surface area contributed by atoms with Gasteiger partial charge in [0.15, 0.2) is 6.29 Å². The van der Waals surface area contributed by atoms with Crippen molar-refractivity contribution in [3.8, 4) is 0 Å². The zero-order valence-corrected chi connectivity index (χ0v) is 7.78. The van der Waals surface area contributed by atoms with Crippen LogP contribution in [-0.4, -0.2) is 18.1 Å². The highest BCUT2D eigenvalue weighted by Gasteiger charge is 2.18. The van der Waals surface area contributed by atoms with Crippen LogP contribution < -0.4 is 5.32 Å². The minimum atomic E-state index is -0.933. The first-order chi connectivity index (χ1) is 6.70. The van der Waals surface area contributed by atoms with Gasteiger partial charge in [0.2, 0.25) is 5.91 Å². The van der Waals surface area contributed by atoms with Gasteiger partial charge < -0.3 is 15.2 Å². The van der Waals surface area contributed by atoms with Gasteiger partial charge in [-0.2, -0.15) is 0 Å². The standard InChI is InChI=1S/C10H11NO3/c1-14-10(13)7-3-2-6-5-9(12)11-8(6)4-7/h2-4,10,13H,5H2,1H3,(H,11,12). The lowest BCUT2D eigenvalue weighted by atomic mass is 10.1. The zero-order valence-electron chi connectivity index (χ0n) is 7.78. The molecular weight excluding hydrogens is 182 g/mol. The largest absolute Gasteiger partial charge is 0.364 e. The van der Waals surface area contributed by atoms with Crippen LogP contribution in [0.4, 0.5) is 5.69 Å². The Morgan fingerprint density at radius 1 is 1.57 bits per heavy atom. The molecule has 0 saturated carbocycles. The Bertz CT molecular complexity index is 376. The van der Waals surface area contributed by atoms with E-state index < -0.39 is 6.29 Å². The average Bonchev–Trinajstić information content (AvgIpc) is 2.55. The molecule has 0 aromatic heterocycles. The minimum Gasteiger partial charge on any atom is -0.364 e. The summed E-state index contributed by atoms with van der Waals surface area (Å²) in [6, 6.07) is 5.31. The maximum atomic E-state index is 11.0. The molecule has 0 spiro atoms. The van der Waals surface area contributed by atoms with Crippen molar-refractivity contribution in [2.24, 2.45) is 0 Å². The third kappa shape index (κ3) is 1.49. The number of fused-ring (bicyclic) bond motifs is 1. The average molecular weight is 193 g/mol. The molecule has 1 aromatic carbocycles. The number of carbonyl (C=O) groups excluding carboxylic acids is 1. The highest BCUT2D eigenvalue weighted by atomic mass is 16.6. The van der Waals surface area contributed by atoms with Gasteiger partial charge in [-0.15, -0.1) is 0 Å². The number of nitrogens with one attached hydrogen (secondary N) is 1. The quantitative estimate of drug-likeness (QED) is 0.683. The number of hydrogen-bond donors (Lipinski definition) is 2. The molecule has 1 aliphatic heterocycles. The van der Waals surface area contributed by atoms with E-state index in [-0.39, 0.29) is 5.91 Å². The Hall–Kier alpha value is -1.39. The van der Waals surface area contributed by atoms with Crippen molar-refractivity contribution in [2.75, 3.05) is 12.4 Å². The van der Waals surface area contributed by atoms with Gasteiger partial charge in [0.25, 0.3) is 0 Å². The number of rotatable bonds is 2. The van der Waals surface area contributed by atoms with E-state index in [2.05, 4.69) is 5.32 Å². The number of methoxy groups -OCH3 is 1. The van der Waals surface area contributed by atoms with Crippen LogP contribution in [0.2, 0.25) is 0 Å². The molecule has 1 amide bonds. The van der Waals surface area contributed by atoms with Crippen LogP contribution in [-0.2, 0) is 16.0 Å². The molecule has 1 aliphatic rings. The molecule has 0 bridgehead atoms. The third-order valence-electron chi connectivity index (χ3n) is 2.27. The van der Waals surface area contributed by atoms with Gasteiger partial charge in [0, 0.05) is 18.4 Å². The van der Waals surface area contributed by atoms with Gasteiger partial charge in [-0.25, -0.2) is 0 Å². The van der Waals surface area contributed by atoms with Crippen LogP contribution in [0.5, 0.6) is 0 Å². The molecular formula is C10H11NO3. The Balaban J connectivity index is 2.32. The lowest BCUT2D eigenvalue weighted by molar-refractivity contribution is -0.115. The Labute approximate surface area is 81.5 Å². The molecule has 1 aromatic rings. The number of aliphatic hydroxyl groups is 1. The molecule has 0 fully saturated rings. The van der Waals surface area contributed by atoms with E-state index in [1.54, 1.807) is 12.1 Å². The summed E-state index contributed by atoms with van der Waals surface area (Å²) in [5, 5.41) is 12.1. The summed E-state index contributed by atoms with van der Waals surface area (Å²) in [6.07, 6.45) is -0.517. The van der Waals surface area contributed by atoms with Crippen molar-refractivity contribution in [2.45, 2.75) is 12.7 Å². The molecule has 74 valence electrons. The normalized spacial score (nSPS) is 16.3.